The van der Waals surface area contributed by atoms with E-state index in [4.69, 9.17) is 9.47 Å². The van der Waals surface area contributed by atoms with Gasteiger partial charge in [0.1, 0.15) is 5.75 Å². The molecule has 2 aliphatic heterocycles. The molecule has 0 unspecified atom stereocenters. The Hall–Kier alpha value is -2.14. The van der Waals surface area contributed by atoms with Gasteiger partial charge in [0, 0.05) is 23.6 Å². The Morgan fingerprint density at radius 1 is 0.886 bits per heavy atom. The van der Waals surface area contributed by atoms with E-state index >= 15 is 0 Å². The van der Waals surface area contributed by atoms with Crippen molar-refractivity contribution in [1.29, 1.82) is 0 Å². The van der Waals surface area contributed by atoms with Crippen LogP contribution in [0, 0.1) is 5.92 Å². The van der Waals surface area contributed by atoms with Gasteiger partial charge in [-0.1, -0.05) is 38.3 Å². The van der Waals surface area contributed by atoms with Crippen molar-refractivity contribution in [2.24, 2.45) is 5.92 Å². The van der Waals surface area contributed by atoms with Gasteiger partial charge in [-0.3, -0.25) is 4.90 Å². The van der Waals surface area contributed by atoms with Crippen LogP contribution in [0.25, 0.3) is 11.1 Å². The molecule has 2 saturated heterocycles. The molecule has 2 aromatic rings. The van der Waals surface area contributed by atoms with E-state index in [0.29, 0.717) is 23.9 Å². The molecule has 0 bridgehead atoms. The third-order valence-corrected chi connectivity index (χ3v) is 8.31. The monoisotopic (exact) mass is 477 g/mol. The second-order valence-corrected chi connectivity index (χ2v) is 10.9. The van der Waals surface area contributed by atoms with Gasteiger partial charge in [0.05, 0.1) is 18.4 Å². The van der Waals surface area contributed by atoms with Gasteiger partial charge in [-0.05, 0) is 95.0 Å². The predicted octanol–water partition coefficient (Wildman–Crippen LogP) is 6.84. The van der Waals surface area contributed by atoms with Gasteiger partial charge in [-0.2, -0.15) is 5.10 Å². The van der Waals surface area contributed by atoms with E-state index in [1.54, 1.807) is 0 Å². The van der Waals surface area contributed by atoms with Crippen molar-refractivity contribution in [1.82, 2.24) is 15.1 Å². The predicted molar refractivity (Wildman–Crippen MR) is 141 cm³/mol. The van der Waals surface area contributed by atoms with E-state index in [1.165, 1.54) is 82.9 Å². The molecule has 5 nitrogen and oxygen atoms in total. The molecular formula is C30H43N3O2. The Kier molecular flexibility index (Phi) is 8.56. The fourth-order valence-electron chi connectivity index (χ4n) is 6.30. The molecule has 0 spiro atoms. The molecule has 1 aliphatic carbocycles. The summed E-state index contributed by atoms with van der Waals surface area (Å²) >= 11 is 0. The van der Waals surface area contributed by atoms with Crippen molar-refractivity contribution in [3.05, 3.63) is 36.0 Å². The van der Waals surface area contributed by atoms with Crippen molar-refractivity contribution in [2.45, 2.75) is 103 Å². The number of hydrogen-bond donors (Lipinski definition) is 0. The highest BCUT2D eigenvalue weighted by Crippen LogP contribution is 2.33. The summed E-state index contributed by atoms with van der Waals surface area (Å²) in [6.07, 6.45) is 16.4. The van der Waals surface area contributed by atoms with Crippen LogP contribution in [-0.2, 0) is 6.42 Å². The number of fused-ring (bicyclic) bond motifs is 1. The molecule has 0 radical (unpaired) electrons. The summed E-state index contributed by atoms with van der Waals surface area (Å²) in [5.41, 5.74) is 3.38. The van der Waals surface area contributed by atoms with E-state index in [9.17, 15) is 0 Å². The first-order chi connectivity index (χ1) is 17.3. The molecule has 5 rings (SSSR count). The summed E-state index contributed by atoms with van der Waals surface area (Å²) < 4.78 is 12.6. The first-order valence-electron chi connectivity index (χ1n) is 14.3. The zero-order chi connectivity index (χ0) is 23.9. The molecule has 3 fully saturated rings. The van der Waals surface area contributed by atoms with Gasteiger partial charge in [-0.15, -0.1) is 5.10 Å². The maximum absolute atomic E-state index is 6.32. The lowest BCUT2D eigenvalue weighted by Gasteiger charge is -2.44. The largest absolute Gasteiger partial charge is 0.490 e. The van der Waals surface area contributed by atoms with Gasteiger partial charge in [-0.25, -0.2) is 0 Å². The highest BCUT2D eigenvalue weighted by molar-refractivity contribution is 5.67. The quantitative estimate of drug-likeness (QED) is 0.396. The SMILES string of the molecule is CCCCc1nnc(OC[C@@H]2CCCN3CCCC[C@H]23)cc1-c1ccc(OC2CCCCC2)cc1. The van der Waals surface area contributed by atoms with Crippen molar-refractivity contribution in [2.75, 3.05) is 19.7 Å². The van der Waals surface area contributed by atoms with E-state index < -0.39 is 0 Å². The molecule has 1 aromatic carbocycles. The Labute approximate surface area is 211 Å². The minimum absolute atomic E-state index is 0.372. The molecule has 3 aliphatic rings. The standard InChI is InChI=1S/C30H43N3O2/c1-2-3-13-28-27(23-15-17-26(18-16-23)35-25-11-5-4-6-12-25)21-30(32-31-28)34-22-24-10-9-20-33-19-8-7-14-29(24)33/h15-18,21,24-25,29H,2-14,19-20,22H2,1H3/t24-,29+/m0/s1. The number of benzene rings is 1. The average molecular weight is 478 g/mol. The molecule has 0 amide bonds. The van der Waals surface area contributed by atoms with Gasteiger partial charge in [0.15, 0.2) is 0 Å². The maximum Gasteiger partial charge on any atom is 0.234 e. The lowest BCUT2D eigenvalue weighted by Crippen LogP contribution is -2.49. The van der Waals surface area contributed by atoms with Crippen LogP contribution in [0.1, 0.15) is 89.7 Å². The molecule has 1 saturated carbocycles. The summed E-state index contributed by atoms with van der Waals surface area (Å²) in [6, 6.07) is 11.4. The topological polar surface area (TPSA) is 47.5 Å². The number of hydrogen-bond acceptors (Lipinski definition) is 5. The Morgan fingerprint density at radius 2 is 1.69 bits per heavy atom. The van der Waals surface area contributed by atoms with Crippen LogP contribution < -0.4 is 9.47 Å². The van der Waals surface area contributed by atoms with Crippen LogP contribution in [0.3, 0.4) is 0 Å². The third-order valence-electron chi connectivity index (χ3n) is 8.31. The van der Waals surface area contributed by atoms with Gasteiger partial charge < -0.3 is 9.47 Å². The molecule has 35 heavy (non-hydrogen) atoms. The van der Waals surface area contributed by atoms with Crippen LogP contribution in [-0.4, -0.2) is 46.9 Å². The number of piperidine rings is 2. The number of aromatic nitrogens is 2. The fourth-order valence-corrected chi connectivity index (χ4v) is 6.30. The summed E-state index contributed by atoms with van der Waals surface area (Å²) in [4.78, 5) is 2.70. The van der Waals surface area contributed by atoms with Crippen molar-refractivity contribution >= 4 is 0 Å². The molecular weight excluding hydrogens is 434 g/mol. The molecule has 1 aromatic heterocycles. The van der Waals surface area contributed by atoms with Gasteiger partial charge in [0.2, 0.25) is 5.88 Å². The van der Waals surface area contributed by atoms with E-state index in [-0.39, 0.29) is 0 Å². The molecule has 3 heterocycles. The number of nitrogens with zero attached hydrogens (tertiary/aromatic N) is 3. The average Bonchev–Trinajstić information content (AvgIpc) is 2.92. The smallest absolute Gasteiger partial charge is 0.234 e. The first kappa shape index (κ1) is 24.5. The van der Waals surface area contributed by atoms with Crippen molar-refractivity contribution < 1.29 is 9.47 Å². The molecule has 2 atom stereocenters. The van der Waals surface area contributed by atoms with E-state index in [1.807, 2.05) is 0 Å². The Balaban J connectivity index is 1.28. The first-order valence-corrected chi connectivity index (χ1v) is 14.3. The summed E-state index contributed by atoms with van der Waals surface area (Å²) in [7, 11) is 0. The normalized spacial score (nSPS) is 23.6. The van der Waals surface area contributed by atoms with Crippen LogP contribution in [0.4, 0.5) is 0 Å². The van der Waals surface area contributed by atoms with E-state index in [2.05, 4.69) is 52.4 Å². The molecule has 0 N–H and O–H groups in total. The zero-order valence-corrected chi connectivity index (χ0v) is 21.6. The molecule has 5 heteroatoms. The second kappa shape index (κ2) is 12.2. The Bertz CT molecular complexity index is 924. The third kappa shape index (κ3) is 6.35. The molecule has 190 valence electrons. The van der Waals surface area contributed by atoms with E-state index in [0.717, 1.165) is 42.9 Å². The highest BCUT2D eigenvalue weighted by atomic mass is 16.5. The van der Waals surface area contributed by atoms with Gasteiger partial charge in [0.25, 0.3) is 0 Å². The zero-order valence-electron chi connectivity index (χ0n) is 21.6. The van der Waals surface area contributed by atoms with Crippen LogP contribution >= 0.6 is 0 Å². The second-order valence-electron chi connectivity index (χ2n) is 10.9. The summed E-state index contributed by atoms with van der Waals surface area (Å²) in [5, 5.41) is 9.13. The number of unbranched alkanes of at least 4 members (excludes halogenated alkanes) is 1. The van der Waals surface area contributed by atoms with Crippen LogP contribution in [0.2, 0.25) is 0 Å². The minimum Gasteiger partial charge on any atom is -0.490 e. The minimum atomic E-state index is 0.372. The lowest BCUT2D eigenvalue weighted by molar-refractivity contribution is 0.0355. The van der Waals surface area contributed by atoms with Crippen molar-refractivity contribution in [3.63, 3.8) is 0 Å². The number of rotatable bonds is 9. The number of aryl methyl sites for hydroxylation is 1. The van der Waals surface area contributed by atoms with Crippen molar-refractivity contribution in [3.8, 4) is 22.8 Å². The number of ether oxygens (including phenoxy) is 2. The van der Waals surface area contributed by atoms with Gasteiger partial charge >= 0.3 is 0 Å². The fraction of sp³-hybridized carbons (Fsp3) is 0.667. The Morgan fingerprint density at radius 3 is 2.51 bits per heavy atom. The summed E-state index contributed by atoms with van der Waals surface area (Å²) in [5.74, 6) is 2.24. The lowest BCUT2D eigenvalue weighted by atomic mass is 9.84. The summed E-state index contributed by atoms with van der Waals surface area (Å²) in [6.45, 7) is 5.49. The highest BCUT2D eigenvalue weighted by Gasteiger charge is 2.33. The van der Waals surface area contributed by atoms with Crippen LogP contribution in [0.5, 0.6) is 11.6 Å². The van der Waals surface area contributed by atoms with Crippen LogP contribution in [0.15, 0.2) is 30.3 Å². The maximum atomic E-state index is 6.32.